The SMILES string of the molecule is [CH2]c1ccc(OC(c2ccccc2)c2ccccc2)cc1C(=O)O. The first-order chi connectivity index (χ1) is 11.6. The fourth-order valence-electron chi connectivity index (χ4n) is 2.55. The lowest BCUT2D eigenvalue weighted by atomic mass is 10.0. The number of aromatic carboxylic acids is 1. The number of carbonyl (C=O) groups is 1. The van der Waals surface area contributed by atoms with Gasteiger partial charge < -0.3 is 9.84 Å². The normalized spacial score (nSPS) is 10.6. The molecule has 0 fully saturated rings. The first kappa shape index (κ1) is 15.8. The van der Waals surface area contributed by atoms with Crippen LogP contribution in [-0.2, 0) is 0 Å². The molecule has 0 aliphatic carbocycles. The lowest BCUT2D eigenvalue weighted by Crippen LogP contribution is -2.10. The molecule has 0 aliphatic rings. The van der Waals surface area contributed by atoms with Gasteiger partial charge in [0.15, 0.2) is 0 Å². The first-order valence-corrected chi connectivity index (χ1v) is 7.61. The minimum absolute atomic E-state index is 0.146. The zero-order chi connectivity index (χ0) is 16.9. The van der Waals surface area contributed by atoms with Gasteiger partial charge in [-0.3, -0.25) is 0 Å². The summed E-state index contributed by atoms with van der Waals surface area (Å²) < 4.78 is 6.14. The standard InChI is InChI=1S/C21H17O3/c1-15-12-13-18(14-19(15)21(22)23)24-20(16-8-4-2-5-9-16)17-10-6-3-7-11-17/h2-14,20H,1H2,(H,22,23). The maximum atomic E-state index is 11.3. The molecular weight excluding hydrogens is 300 g/mol. The quantitative estimate of drug-likeness (QED) is 0.739. The predicted molar refractivity (Wildman–Crippen MR) is 93.2 cm³/mol. The Hall–Kier alpha value is -3.07. The Morgan fingerprint density at radius 3 is 1.92 bits per heavy atom. The summed E-state index contributed by atoms with van der Waals surface area (Å²) in [5.41, 5.74) is 2.61. The number of rotatable bonds is 5. The van der Waals surface area contributed by atoms with E-state index in [2.05, 4.69) is 6.92 Å². The number of benzene rings is 3. The first-order valence-electron chi connectivity index (χ1n) is 7.61. The van der Waals surface area contributed by atoms with Gasteiger partial charge in [-0.15, -0.1) is 0 Å². The van der Waals surface area contributed by atoms with Crippen molar-refractivity contribution in [2.45, 2.75) is 6.10 Å². The van der Waals surface area contributed by atoms with E-state index in [1.165, 1.54) is 6.07 Å². The van der Waals surface area contributed by atoms with E-state index < -0.39 is 5.97 Å². The van der Waals surface area contributed by atoms with E-state index in [1.54, 1.807) is 12.1 Å². The van der Waals surface area contributed by atoms with Gasteiger partial charge in [0.2, 0.25) is 0 Å². The van der Waals surface area contributed by atoms with Gasteiger partial charge in [0, 0.05) is 0 Å². The number of hydrogen-bond acceptors (Lipinski definition) is 2. The molecule has 0 saturated heterocycles. The molecule has 3 rings (SSSR count). The molecule has 3 nitrogen and oxygen atoms in total. The Bertz CT molecular complexity index is 787. The number of carboxylic acids is 1. The smallest absolute Gasteiger partial charge is 0.336 e. The van der Waals surface area contributed by atoms with Crippen molar-refractivity contribution in [1.29, 1.82) is 0 Å². The van der Waals surface area contributed by atoms with Crippen LogP contribution in [0.2, 0.25) is 0 Å². The van der Waals surface area contributed by atoms with Gasteiger partial charge in [-0.05, 0) is 35.7 Å². The topological polar surface area (TPSA) is 46.5 Å². The van der Waals surface area contributed by atoms with Crippen molar-refractivity contribution in [1.82, 2.24) is 0 Å². The Kier molecular flexibility index (Phi) is 4.62. The molecule has 0 aliphatic heterocycles. The van der Waals surface area contributed by atoms with Gasteiger partial charge in [0.05, 0.1) is 5.56 Å². The number of carboxylic acid groups (broad SMARTS) is 1. The van der Waals surface area contributed by atoms with Crippen LogP contribution in [0.4, 0.5) is 0 Å². The predicted octanol–water partition coefficient (Wildman–Crippen LogP) is 4.74. The highest BCUT2D eigenvalue weighted by Gasteiger charge is 2.17. The summed E-state index contributed by atoms with van der Waals surface area (Å²) in [6, 6.07) is 24.6. The molecule has 1 radical (unpaired) electrons. The molecule has 24 heavy (non-hydrogen) atoms. The largest absolute Gasteiger partial charge is 0.481 e. The maximum Gasteiger partial charge on any atom is 0.336 e. The molecular formula is C21H17O3. The van der Waals surface area contributed by atoms with Crippen molar-refractivity contribution in [2.24, 2.45) is 0 Å². The average molecular weight is 317 g/mol. The third-order valence-corrected chi connectivity index (χ3v) is 3.77. The molecule has 0 atom stereocenters. The molecule has 0 unspecified atom stereocenters. The molecule has 0 spiro atoms. The van der Waals surface area contributed by atoms with E-state index in [-0.39, 0.29) is 11.7 Å². The molecule has 119 valence electrons. The highest BCUT2D eigenvalue weighted by atomic mass is 16.5. The summed E-state index contributed by atoms with van der Waals surface area (Å²) in [5.74, 6) is -0.515. The Morgan fingerprint density at radius 2 is 1.42 bits per heavy atom. The van der Waals surface area contributed by atoms with E-state index in [0.29, 0.717) is 11.3 Å². The Morgan fingerprint density at radius 1 is 0.875 bits per heavy atom. The third kappa shape index (κ3) is 3.46. The lowest BCUT2D eigenvalue weighted by molar-refractivity contribution is 0.0695. The summed E-state index contributed by atoms with van der Waals surface area (Å²) >= 11 is 0. The van der Waals surface area contributed by atoms with Crippen molar-refractivity contribution < 1.29 is 14.6 Å². The maximum absolute atomic E-state index is 11.3. The van der Waals surface area contributed by atoms with Crippen molar-refractivity contribution in [3.63, 3.8) is 0 Å². The van der Waals surface area contributed by atoms with Crippen molar-refractivity contribution >= 4 is 5.97 Å². The molecule has 0 amide bonds. The molecule has 0 heterocycles. The molecule has 3 aromatic rings. The van der Waals surface area contributed by atoms with Crippen LogP contribution in [-0.4, -0.2) is 11.1 Å². The van der Waals surface area contributed by atoms with Gasteiger partial charge in [-0.2, -0.15) is 0 Å². The second-order valence-corrected chi connectivity index (χ2v) is 5.44. The van der Waals surface area contributed by atoms with Crippen LogP contribution in [0.5, 0.6) is 5.75 Å². The second kappa shape index (κ2) is 7.01. The van der Waals surface area contributed by atoms with Gasteiger partial charge in [-0.25, -0.2) is 4.79 Å². The molecule has 1 N–H and O–H groups in total. The minimum atomic E-state index is -1.01. The van der Waals surface area contributed by atoms with E-state index in [0.717, 1.165) is 11.1 Å². The fourth-order valence-corrected chi connectivity index (χ4v) is 2.55. The molecule has 0 aromatic heterocycles. The van der Waals surface area contributed by atoms with Crippen molar-refractivity contribution in [3.05, 3.63) is 108 Å². The van der Waals surface area contributed by atoms with Crippen LogP contribution in [0.3, 0.4) is 0 Å². The Balaban J connectivity index is 1.99. The molecule has 0 saturated carbocycles. The third-order valence-electron chi connectivity index (χ3n) is 3.77. The number of ether oxygens (including phenoxy) is 1. The van der Waals surface area contributed by atoms with Crippen LogP contribution in [0.25, 0.3) is 0 Å². The monoisotopic (exact) mass is 317 g/mol. The molecule has 3 aromatic carbocycles. The summed E-state index contributed by atoms with van der Waals surface area (Å²) in [5, 5.41) is 9.26. The van der Waals surface area contributed by atoms with E-state index in [4.69, 9.17) is 4.74 Å². The highest BCUT2D eigenvalue weighted by Crippen LogP contribution is 2.29. The summed E-state index contributed by atoms with van der Waals surface area (Å²) in [6.07, 6.45) is -0.315. The summed E-state index contributed by atoms with van der Waals surface area (Å²) in [7, 11) is 0. The van der Waals surface area contributed by atoms with Gasteiger partial charge >= 0.3 is 5.97 Å². The summed E-state index contributed by atoms with van der Waals surface area (Å²) in [6.45, 7) is 3.74. The Labute approximate surface area is 141 Å². The molecule has 3 heteroatoms. The van der Waals surface area contributed by atoms with Crippen LogP contribution < -0.4 is 4.74 Å². The van der Waals surface area contributed by atoms with Gasteiger partial charge in [-0.1, -0.05) is 66.7 Å². The number of hydrogen-bond donors (Lipinski definition) is 1. The van der Waals surface area contributed by atoms with Crippen LogP contribution in [0, 0.1) is 6.92 Å². The second-order valence-electron chi connectivity index (χ2n) is 5.44. The van der Waals surface area contributed by atoms with Gasteiger partial charge in [0.25, 0.3) is 0 Å². The van der Waals surface area contributed by atoms with Crippen molar-refractivity contribution in [2.75, 3.05) is 0 Å². The van der Waals surface area contributed by atoms with E-state index in [9.17, 15) is 9.90 Å². The van der Waals surface area contributed by atoms with E-state index >= 15 is 0 Å². The minimum Gasteiger partial charge on any atom is -0.481 e. The summed E-state index contributed by atoms with van der Waals surface area (Å²) in [4.78, 5) is 11.3. The average Bonchev–Trinajstić information content (AvgIpc) is 2.62. The highest BCUT2D eigenvalue weighted by molar-refractivity contribution is 5.90. The zero-order valence-electron chi connectivity index (χ0n) is 13.1. The molecule has 0 bridgehead atoms. The lowest BCUT2D eigenvalue weighted by Gasteiger charge is -2.20. The van der Waals surface area contributed by atoms with Crippen LogP contribution in [0.15, 0.2) is 78.9 Å². The van der Waals surface area contributed by atoms with Crippen molar-refractivity contribution in [3.8, 4) is 5.75 Å². The van der Waals surface area contributed by atoms with E-state index in [1.807, 2.05) is 60.7 Å². The van der Waals surface area contributed by atoms with Crippen LogP contribution in [0.1, 0.15) is 33.2 Å². The van der Waals surface area contributed by atoms with Gasteiger partial charge in [0.1, 0.15) is 11.9 Å². The fraction of sp³-hybridized carbons (Fsp3) is 0.0476. The zero-order valence-corrected chi connectivity index (χ0v) is 13.1. The van der Waals surface area contributed by atoms with Crippen LogP contribution >= 0.6 is 0 Å².